The van der Waals surface area contributed by atoms with Crippen LogP contribution in [0.2, 0.25) is 30.8 Å². The molecule has 0 aliphatic carbocycles. The summed E-state index contributed by atoms with van der Waals surface area (Å²) in [5, 5.41) is 15.0. The molecule has 0 unspecified atom stereocenters. The maximum Gasteiger partial charge on any atom is 0.232 e. The van der Waals surface area contributed by atoms with E-state index in [1.54, 1.807) is 10.3 Å². The normalized spacial score (nSPS) is 10.7. The van der Waals surface area contributed by atoms with Crippen molar-refractivity contribution in [2.45, 2.75) is 64.2 Å². The molecule has 0 amide bonds. The van der Waals surface area contributed by atoms with Crippen molar-refractivity contribution in [3.8, 4) is 0 Å². The van der Waals surface area contributed by atoms with Gasteiger partial charge in [0.15, 0.2) is 48.6 Å². The van der Waals surface area contributed by atoms with Gasteiger partial charge in [0.1, 0.15) is 16.4 Å². The summed E-state index contributed by atoms with van der Waals surface area (Å²) in [4.78, 5) is 16.8. The monoisotopic (exact) mass is 920 g/mol. The van der Waals surface area contributed by atoms with Crippen LogP contribution in [0.4, 0.5) is 28.4 Å². The molecule has 0 atom stereocenters. The summed E-state index contributed by atoms with van der Waals surface area (Å²) in [5.41, 5.74) is 16.6. The number of benzene rings is 2. The minimum Gasteiger partial charge on any atom is -0.395 e. The number of halogens is 6. The van der Waals surface area contributed by atoms with Gasteiger partial charge >= 0.3 is 0 Å². The number of rotatable bonds is 14. The van der Waals surface area contributed by atoms with Gasteiger partial charge < -0.3 is 11.2 Å². The Hall–Kier alpha value is -2.53. The van der Waals surface area contributed by atoms with Crippen molar-refractivity contribution in [3.63, 3.8) is 0 Å². The zero-order valence-electron chi connectivity index (χ0n) is 30.6. The number of nitrogen functional groups attached to an aromatic ring is 1. The summed E-state index contributed by atoms with van der Waals surface area (Å²) in [6, 6.07) is 15.6. The first-order valence-corrected chi connectivity index (χ1v) is 22.0. The molecule has 20 heteroatoms. The van der Waals surface area contributed by atoms with Crippen LogP contribution >= 0.6 is 105 Å². The van der Waals surface area contributed by atoms with Crippen LogP contribution in [-0.4, -0.2) is 42.3 Å². The molecule has 0 fully saturated rings. The molecule has 0 saturated heterocycles. The zero-order chi connectivity index (χ0) is 40.3. The molecule has 4 N–H and O–H groups in total. The molecule has 0 aliphatic rings. The van der Waals surface area contributed by atoms with Crippen LogP contribution in [0.15, 0.2) is 75.3 Å². The van der Waals surface area contributed by atoms with Crippen molar-refractivity contribution in [2.75, 3.05) is 33.8 Å². The molecular formula is C35H40Cl6N11S3+. The van der Waals surface area contributed by atoms with Crippen LogP contribution in [0, 0.1) is 13.8 Å². The summed E-state index contributed by atoms with van der Waals surface area (Å²) in [6.07, 6.45) is 4.79. The number of nitrogens with two attached hydrogens (primary N) is 1. The first kappa shape index (κ1) is 46.8. The maximum atomic E-state index is 6.15. The van der Waals surface area contributed by atoms with E-state index >= 15 is 0 Å². The topological polar surface area (TPSA) is 143 Å². The van der Waals surface area contributed by atoms with Crippen LogP contribution in [0.5, 0.6) is 0 Å². The molecule has 55 heavy (non-hydrogen) atoms. The van der Waals surface area contributed by atoms with Crippen LogP contribution in [0.3, 0.4) is 0 Å². The molecule has 0 aliphatic heterocycles. The highest BCUT2D eigenvalue weighted by atomic mass is 35.5. The van der Waals surface area contributed by atoms with E-state index in [4.69, 9.17) is 75.3 Å². The van der Waals surface area contributed by atoms with Gasteiger partial charge in [0, 0.05) is 16.6 Å². The van der Waals surface area contributed by atoms with E-state index < -0.39 is 0 Å². The van der Waals surface area contributed by atoms with E-state index in [0.717, 1.165) is 53.5 Å². The van der Waals surface area contributed by atoms with E-state index in [1.165, 1.54) is 41.0 Å². The van der Waals surface area contributed by atoms with Gasteiger partial charge in [0.2, 0.25) is 11.3 Å². The summed E-state index contributed by atoms with van der Waals surface area (Å²) >= 11 is 40.7. The number of nitrogens with zero attached hydrogens (tertiary/aromatic N) is 8. The minimum atomic E-state index is 0.212. The van der Waals surface area contributed by atoms with E-state index in [9.17, 15) is 0 Å². The predicted octanol–water partition coefficient (Wildman–Crippen LogP) is 13.2. The average molecular weight is 924 g/mol. The lowest BCUT2D eigenvalue weighted by atomic mass is 10.2. The van der Waals surface area contributed by atoms with E-state index in [-0.39, 0.29) is 15.5 Å². The Morgan fingerprint density at radius 1 is 0.636 bits per heavy atom. The van der Waals surface area contributed by atoms with Crippen LogP contribution in [0.1, 0.15) is 51.2 Å². The van der Waals surface area contributed by atoms with Gasteiger partial charge in [-0.3, -0.25) is 5.43 Å². The molecule has 11 nitrogen and oxygen atoms in total. The number of aryl methyl sites for hydroxylation is 2. The summed E-state index contributed by atoms with van der Waals surface area (Å²) < 4.78 is 1.63. The van der Waals surface area contributed by atoms with E-state index in [1.807, 2.05) is 62.4 Å². The predicted molar refractivity (Wildman–Crippen MR) is 237 cm³/mol. The molecule has 5 rings (SSSR count). The lowest BCUT2D eigenvalue weighted by Crippen LogP contribution is -2.30. The standard InChI is InChI=1S/C14H16Cl2N4S.C14H14Cl2N4S.C7H9Cl2N3S/c2*1-3-8-21-14-17-12(15)11(13(16)18-14)20-19-10-6-4-9(2)5-7-10;1-2-3-13-12-4-5(8)6(10)7(9)11-12/h4-7,19-20H,3,8H2,1-2H3;4-7H,3,8H2,1-2H3;4,10H,2-3H2,1H3/p+1. The smallest absolute Gasteiger partial charge is 0.232 e. The fraction of sp³-hybridized carbons (Fsp3) is 0.314. The Morgan fingerprint density at radius 3 is 1.62 bits per heavy atom. The summed E-state index contributed by atoms with van der Waals surface area (Å²) in [6.45, 7) is 10.3. The van der Waals surface area contributed by atoms with Crippen molar-refractivity contribution < 1.29 is 4.09 Å². The quantitative estimate of drug-likeness (QED) is 0.0245. The number of hydrazine groups is 1. The van der Waals surface area contributed by atoms with E-state index in [2.05, 4.69) is 66.9 Å². The molecule has 0 saturated carbocycles. The molecule has 3 heterocycles. The lowest BCUT2D eigenvalue weighted by molar-refractivity contribution is -0.564. The Kier molecular flexibility index (Phi) is 21.3. The Morgan fingerprint density at radius 2 is 1.13 bits per heavy atom. The first-order chi connectivity index (χ1) is 26.3. The van der Waals surface area contributed by atoms with Gasteiger partial charge in [-0.1, -0.05) is 149 Å². The van der Waals surface area contributed by atoms with Crippen molar-refractivity contribution in [2.24, 2.45) is 10.2 Å². The van der Waals surface area contributed by atoms with Crippen molar-refractivity contribution in [1.29, 1.82) is 0 Å². The van der Waals surface area contributed by atoms with Crippen LogP contribution in [-0.2, 0) is 0 Å². The van der Waals surface area contributed by atoms with Crippen molar-refractivity contribution in [3.05, 3.63) is 96.6 Å². The lowest BCUT2D eigenvalue weighted by Gasteiger charge is -2.12. The maximum absolute atomic E-state index is 6.15. The van der Waals surface area contributed by atoms with Gasteiger partial charge in [-0.05, 0) is 61.5 Å². The van der Waals surface area contributed by atoms with Gasteiger partial charge in [-0.15, -0.1) is 5.11 Å². The molecule has 3 aromatic heterocycles. The molecule has 0 spiro atoms. The van der Waals surface area contributed by atoms with E-state index in [0.29, 0.717) is 42.7 Å². The van der Waals surface area contributed by atoms with Crippen LogP contribution < -0.4 is 20.7 Å². The largest absolute Gasteiger partial charge is 0.395 e. The number of thioether (sulfide) groups is 2. The third-order valence-electron chi connectivity index (χ3n) is 6.45. The molecule has 0 radical (unpaired) electrons. The molecular weight excluding hydrogens is 883 g/mol. The number of hydrogen-bond acceptors (Lipinski definition) is 13. The van der Waals surface area contributed by atoms with Gasteiger partial charge in [-0.2, -0.15) is 5.11 Å². The van der Waals surface area contributed by atoms with Gasteiger partial charge in [-0.25, -0.2) is 19.9 Å². The second kappa shape index (κ2) is 25.0. The van der Waals surface area contributed by atoms with Gasteiger partial charge in [0.25, 0.3) is 0 Å². The van der Waals surface area contributed by atoms with Crippen molar-refractivity contribution in [1.82, 2.24) is 25.0 Å². The highest BCUT2D eigenvalue weighted by Gasteiger charge is 2.15. The minimum absolute atomic E-state index is 0.212. The first-order valence-electron chi connectivity index (χ1n) is 16.8. The average Bonchev–Trinajstić information content (AvgIpc) is 3.15. The highest BCUT2D eigenvalue weighted by Crippen LogP contribution is 2.34. The molecule has 5 aromatic rings. The Labute approximate surface area is 364 Å². The second-order valence-electron chi connectivity index (χ2n) is 11.2. The molecule has 294 valence electrons. The zero-order valence-corrected chi connectivity index (χ0v) is 37.6. The number of nitrogens with one attached hydrogen (secondary N) is 2. The number of azo groups is 1. The summed E-state index contributed by atoms with van der Waals surface area (Å²) in [5.74, 6) is 2.81. The third kappa shape index (κ3) is 16.5. The highest BCUT2D eigenvalue weighted by molar-refractivity contribution is 7.99. The number of hydrogen-bond donors (Lipinski definition) is 3. The Bertz CT molecular complexity index is 1920. The second-order valence-corrected chi connectivity index (χ2v) is 16.5. The third-order valence-corrected chi connectivity index (χ3v) is 11.3. The number of aromatic nitrogens is 6. The summed E-state index contributed by atoms with van der Waals surface area (Å²) in [7, 11) is 0. The van der Waals surface area contributed by atoms with Gasteiger partial charge in [0.05, 0.1) is 17.1 Å². The van der Waals surface area contributed by atoms with Crippen LogP contribution in [0.25, 0.3) is 0 Å². The fourth-order valence-corrected chi connectivity index (χ4v) is 7.40. The Balaban J connectivity index is 0.000000229. The fourth-order valence-electron chi connectivity index (χ4n) is 3.65. The SMILES string of the molecule is CCCS[n+]1cc(Cl)c(N)c(Cl)n1.CCCSc1nc(Cl)c(N=Nc2ccc(C)cc2)c(Cl)n1.CCCSc1nc(Cl)c(NNc2ccc(C)cc2)c(Cl)n1. The van der Waals surface area contributed by atoms with Crippen molar-refractivity contribution >= 4 is 134 Å². The number of anilines is 3. The molecule has 2 aromatic carbocycles. The molecule has 0 bridgehead atoms.